The highest BCUT2D eigenvalue weighted by Crippen LogP contribution is 2.09. The van der Waals surface area contributed by atoms with E-state index in [1.807, 2.05) is 0 Å². The van der Waals surface area contributed by atoms with E-state index < -0.39 is 10.0 Å². The molecule has 0 aliphatic carbocycles. The van der Waals surface area contributed by atoms with Crippen LogP contribution in [-0.4, -0.2) is 13.4 Å². The fourth-order valence-electron chi connectivity index (χ4n) is 0.829. The van der Waals surface area contributed by atoms with Gasteiger partial charge in [0.15, 0.2) is 0 Å². The minimum absolute atomic E-state index is 0. The summed E-state index contributed by atoms with van der Waals surface area (Å²) >= 11 is 0. The number of hydrogen-bond donors (Lipinski definition) is 2. The van der Waals surface area contributed by atoms with Crippen molar-refractivity contribution in [1.82, 2.24) is 4.98 Å². The third-order valence-corrected chi connectivity index (χ3v) is 2.45. The van der Waals surface area contributed by atoms with Crippen LogP contribution < -0.4 is 10.9 Å². The number of aromatic nitrogens is 1. The van der Waals surface area contributed by atoms with Gasteiger partial charge in [-0.3, -0.25) is 4.98 Å². The Morgan fingerprint density at radius 1 is 1.43 bits per heavy atom. The molecule has 0 aliphatic rings. The molecular weight excluding hydrogens is 226 g/mol. The highest BCUT2D eigenvalue weighted by Gasteiger charge is 2.08. The molecule has 0 bridgehead atoms. The van der Waals surface area contributed by atoms with Crippen molar-refractivity contribution in [2.45, 2.75) is 17.9 Å². The van der Waals surface area contributed by atoms with E-state index in [1.54, 1.807) is 13.0 Å². The van der Waals surface area contributed by atoms with Crippen molar-refractivity contribution in [2.24, 2.45) is 10.9 Å². The number of nitrogens with zero attached hydrogens (tertiary/aromatic N) is 1. The number of pyridine rings is 1. The first-order valence-electron chi connectivity index (χ1n) is 3.65. The smallest absolute Gasteiger partial charge is 0.239 e. The summed E-state index contributed by atoms with van der Waals surface area (Å²) in [5.74, 6) is 0. The van der Waals surface area contributed by atoms with Gasteiger partial charge in [0.05, 0.1) is 5.69 Å². The van der Waals surface area contributed by atoms with E-state index in [-0.39, 0.29) is 23.3 Å². The molecule has 0 aromatic carbocycles. The van der Waals surface area contributed by atoms with Gasteiger partial charge in [0.25, 0.3) is 0 Å². The molecule has 5 nitrogen and oxygen atoms in total. The molecule has 1 unspecified atom stereocenters. The van der Waals surface area contributed by atoms with Crippen molar-refractivity contribution in [3.8, 4) is 0 Å². The minimum Gasteiger partial charge on any atom is -0.323 e. The maximum absolute atomic E-state index is 10.8. The molecule has 0 saturated heterocycles. The molecule has 7 heteroatoms. The molecule has 0 amide bonds. The Hall–Kier alpha value is -0.690. The zero-order valence-electron chi connectivity index (χ0n) is 7.54. The number of hydrogen-bond acceptors (Lipinski definition) is 4. The zero-order chi connectivity index (χ0) is 10.1. The highest BCUT2D eigenvalue weighted by atomic mass is 35.5. The first-order chi connectivity index (χ1) is 5.91. The SMILES string of the molecule is CC(N)c1ccc(S(N)(=O)=O)cn1.Cl. The summed E-state index contributed by atoms with van der Waals surface area (Å²) in [4.78, 5) is 3.86. The number of sulfonamides is 1. The molecule has 1 aromatic heterocycles. The van der Waals surface area contributed by atoms with Gasteiger partial charge in [0, 0.05) is 12.2 Å². The fourth-order valence-corrected chi connectivity index (χ4v) is 1.29. The van der Waals surface area contributed by atoms with Crippen LogP contribution in [0.2, 0.25) is 0 Å². The Bertz CT molecular complexity index is 388. The largest absolute Gasteiger partial charge is 0.323 e. The van der Waals surface area contributed by atoms with E-state index >= 15 is 0 Å². The number of primary sulfonamides is 1. The first-order valence-corrected chi connectivity index (χ1v) is 5.20. The summed E-state index contributed by atoms with van der Waals surface area (Å²) in [6, 6.07) is 2.72. The third-order valence-electron chi connectivity index (χ3n) is 1.55. The summed E-state index contributed by atoms with van der Waals surface area (Å²) in [5, 5.41) is 4.88. The molecule has 1 heterocycles. The molecule has 0 saturated carbocycles. The van der Waals surface area contributed by atoms with Gasteiger partial charge in [-0.2, -0.15) is 0 Å². The summed E-state index contributed by atoms with van der Waals surface area (Å²) < 4.78 is 21.6. The molecule has 1 atom stereocenters. The minimum atomic E-state index is -3.65. The van der Waals surface area contributed by atoms with E-state index in [1.165, 1.54) is 12.3 Å². The Morgan fingerprint density at radius 3 is 2.29 bits per heavy atom. The molecule has 14 heavy (non-hydrogen) atoms. The summed E-state index contributed by atoms with van der Waals surface area (Å²) in [7, 11) is -3.65. The van der Waals surface area contributed by atoms with E-state index in [4.69, 9.17) is 10.9 Å². The van der Waals surface area contributed by atoms with Gasteiger partial charge in [0.1, 0.15) is 4.90 Å². The van der Waals surface area contributed by atoms with Crippen molar-refractivity contribution in [3.05, 3.63) is 24.0 Å². The van der Waals surface area contributed by atoms with Crippen LogP contribution in [-0.2, 0) is 10.0 Å². The Kier molecular flexibility index (Phi) is 4.47. The third kappa shape index (κ3) is 3.22. The average molecular weight is 238 g/mol. The molecule has 0 radical (unpaired) electrons. The van der Waals surface area contributed by atoms with Crippen LogP contribution in [0.4, 0.5) is 0 Å². The predicted octanol–water partition coefficient (Wildman–Crippen LogP) is 0.171. The lowest BCUT2D eigenvalue weighted by atomic mass is 10.2. The van der Waals surface area contributed by atoms with Crippen molar-refractivity contribution in [2.75, 3.05) is 0 Å². The van der Waals surface area contributed by atoms with Crippen LogP contribution in [0.3, 0.4) is 0 Å². The number of halogens is 1. The van der Waals surface area contributed by atoms with Gasteiger partial charge >= 0.3 is 0 Å². The fraction of sp³-hybridized carbons (Fsp3) is 0.286. The quantitative estimate of drug-likeness (QED) is 0.766. The van der Waals surface area contributed by atoms with Crippen molar-refractivity contribution in [1.29, 1.82) is 0 Å². The first kappa shape index (κ1) is 13.3. The van der Waals surface area contributed by atoms with E-state index in [0.717, 1.165) is 0 Å². The Labute approximate surface area is 89.0 Å². The van der Waals surface area contributed by atoms with Crippen LogP contribution in [0, 0.1) is 0 Å². The van der Waals surface area contributed by atoms with Crippen molar-refractivity contribution >= 4 is 22.4 Å². The molecule has 1 aromatic rings. The second-order valence-electron chi connectivity index (χ2n) is 2.75. The summed E-state index contributed by atoms with van der Waals surface area (Å²) in [6.45, 7) is 1.76. The lowest BCUT2D eigenvalue weighted by Gasteiger charge is -2.04. The maximum Gasteiger partial charge on any atom is 0.239 e. The Balaban J connectivity index is 0.00000169. The Morgan fingerprint density at radius 2 is 2.00 bits per heavy atom. The lowest BCUT2D eigenvalue weighted by Crippen LogP contribution is -2.13. The normalized spacial score (nSPS) is 13.1. The van der Waals surface area contributed by atoms with Crippen LogP contribution in [0.15, 0.2) is 23.2 Å². The van der Waals surface area contributed by atoms with Gasteiger partial charge in [-0.25, -0.2) is 13.6 Å². The van der Waals surface area contributed by atoms with Crippen molar-refractivity contribution in [3.63, 3.8) is 0 Å². The monoisotopic (exact) mass is 237 g/mol. The van der Waals surface area contributed by atoms with Gasteiger partial charge in [-0.1, -0.05) is 0 Å². The second-order valence-corrected chi connectivity index (χ2v) is 4.31. The molecule has 0 aliphatic heterocycles. The lowest BCUT2D eigenvalue weighted by molar-refractivity contribution is 0.597. The van der Waals surface area contributed by atoms with Crippen molar-refractivity contribution < 1.29 is 8.42 Å². The van der Waals surface area contributed by atoms with Gasteiger partial charge < -0.3 is 5.73 Å². The van der Waals surface area contributed by atoms with E-state index in [9.17, 15) is 8.42 Å². The maximum atomic E-state index is 10.8. The van der Waals surface area contributed by atoms with Gasteiger partial charge in [0.2, 0.25) is 10.0 Å². The average Bonchev–Trinajstić information content (AvgIpc) is 2.03. The highest BCUT2D eigenvalue weighted by molar-refractivity contribution is 7.89. The molecule has 0 fully saturated rings. The molecule has 4 N–H and O–H groups in total. The van der Waals surface area contributed by atoms with Crippen LogP contribution in [0.25, 0.3) is 0 Å². The van der Waals surface area contributed by atoms with Gasteiger partial charge in [-0.15, -0.1) is 12.4 Å². The summed E-state index contributed by atoms with van der Waals surface area (Å²) in [5.41, 5.74) is 6.16. The standard InChI is InChI=1S/C7H11N3O2S.ClH/c1-5(8)7-3-2-6(4-10-7)13(9,11)12;/h2-5H,8H2,1H3,(H2,9,11,12);1H. The summed E-state index contributed by atoms with van der Waals surface area (Å²) in [6.07, 6.45) is 1.20. The number of rotatable bonds is 2. The van der Waals surface area contributed by atoms with Crippen LogP contribution in [0.1, 0.15) is 18.7 Å². The van der Waals surface area contributed by atoms with E-state index in [0.29, 0.717) is 5.69 Å². The van der Waals surface area contributed by atoms with Crippen LogP contribution in [0.5, 0.6) is 0 Å². The van der Waals surface area contributed by atoms with Gasteiger partial charge in [-0.05, 0) is 19.1 Å². The zero-order valence-corrected chi connectivity index (χ0v) is 9.18. The number of nitrogens with two attached hydrogens (primary N) is 2. The molecule has 0 spiro atoms. The van der Waals surface area contributed by atoms with E-state index in [2.05, 4.69) is 4.98 Å². The topological polar surface area (TPSA) is 99.1 Å². The predicted molar refractivity (Wildman–Crippen MR) is 55.5 cm³/mol. The molecule has 1 rings (SSSR count). The molecular formula is C7H12ClN3O2S. The molecule has 80 valence electrons. The second kappa shape index (κ2) is 4.70. The van der Waals surface area contributed by atoms with Crippen LogP contribution >= 0.6 is 12.4 Å².